The van der Waals surface area contributed by atoms with Crippen molar-refractivity contribution in [3.8, 4) is 0 Å². The van der Waals surface area contributed by atoms with Crippen molar-refractivity contribution in [2.75, 3.05) is 5.32 Å². The number of thiocarbonyl (C=S) groups is 1. The summed E-state index contributed by atoms with van der Waals surface area (Å²) in [5.41, 5.74) is 1.54. The first-order valence-electron chi connectivity index (χ1n) is 7.17. The minimum Gasteiger partial charge on any atom is -0.317 e. The van der Waals surface area contributed by atoms with Crippen LogP contribution in [0.2, 0.25) is 0 Å². The summed E-state index contributed by atoms with van der Waals surface area (Å²) in [5.74, 6) is 0.392. The Morgan fingerprint density at radius 3 is 2.65 bits per heavy atom. The predicted octanol–water partition coefficient (Wildman–Crippen LogP) is 3.67. The zero-order valence-corrected chi connectivity index (χ0v) is 13.4. The number of nitrogens with zero attached hydrogens (tertiary/aromatic N) is 1. The number of carbonyl (C=O) groups is 1. The number of amides is 1. The Morgan fingerprint density at radius 2 is 1.83 bits per heavy atom. The molecular weight excluding hydrogens is 306 g/mol. The van der Waals surface area contributed by atoms with Gasteiger partial charge in [-0.3, -0.25) is 10.1 Å². The summed E-state index contributed by atoms with van der Waals surface area (Å²) >= 11 is 5.21. The topological polar surface area (TPSA) is 54.0 Å². The van der Waals surface area contributed by atoms with E-state index in [2.05, 4.69) is 15.6 Å². The molecule has 0 radical (unpaired) electrons. The molecule has 2 aromatic carbocycles. The Hall–Kier alpha value is -2.79. The molecule has 3 rings (SSSR count). The molecule has 114 valence electrons. The molecule has 0 saturated carbocycles. The minimum absolute atomic E-state index is 0.227. The molecule has 0 aliphatic carbocycles. The van der Waals surface area contributed by atoms with Crippen LogP contribution in [0, 0.1) is 6.92 Å². The Labute approximate surface area is 139 Å². The summed E-state index contributed by atoms with van der Waals surface area (Å²) in [6.45, 7) is 1.92. The molecule has 1 heterocycles. The van der Waals surface area contributed by atoms with Crippen LogP contribution in [-0.2, 0) is 0 Å². The molecule has 5 heteroatoms. The lowest BCUT2D eigenvalue weighted by Crippen LogP contribution is -2.34. The highest BCUT2D eigenvalue weighted by Crippen LogP contribution is 2.18. The van der Waals surface area contributed by atoms with Gasteiger partial charge >= 0.3 is 0 Å². The van der Waals surface area contributed by atoms with E-state index in [4.69, 9.17) is 12.2 Å². The van der Waals surface area contributed by atoms with Crippen molar-refractivity contribution in [2.45, 2.75) is 6.92 Å². The molecule has 0 fully saturated rings. The van der Waals surface area contributed by atoms with Crippen molar-refractivity contribution < 1.29 is 4.79 Å². The van der Waals surface area contributed by atoms with E-state index >= 15 is 0 Å². The molecule has 0 aliphatic rings. The lowest BCUT2D eigenvalue weighted by atomic mass is 10.0. The fourth-order valence-corrected chi connectivity index (χ4v) is 2.54. The van der Waals surface area contributed by atoms with E-state index < -0.39 is 0 Å². The standard InChI is InChI=1S/C18H15N3OS/c1-12-6-5-11-19-16(12)20-18(23)21-17(22)15-10-4-8-13-7-2-3-9-14(13)15/h2-11H,1H3,(H2,19,20,21,22,23). The number of aromatic nitrogens is 1. The van der Waals surface area contributed by atoms with Crippen LogP contribution < -0.4 is 10.6 Å². The van der Waals surface area contributed by atoms with E-state index in [0.717, 1.165) is 16.3 Å². The maximum Gasteiger partial charge on any atom is 0.258 e. The molecule has 0 bridgehead atoms. The number of benzene rings is 2. The Morgan fingerprint density at radius 1 is 1.04 bits per heavy atom. The van der Waals surface area contributed by atoms with Crippen molar-refractivity contribution in [3.05, 3.63) is 71.9 Å². The quantitative estimate of drug-likeness (QED) is 0.707. The third-order valence-corrected chi connectivity index (χ3v) is 3.71. The SMILES string of the molecule is Cc1cccnc1NC(=S)NC(=O)c1cccc2ccccc12. The summed E-state index contributed by atoms with van der Waals surface area (Å²) in [5, 5.41) is 7.79. The highest BCUT2D eigenvalue weighted by atomic mass is 32.1. The second-order valence-electron chi connectivity index (χ2n) is 5.10. The molecule has 1 amide bonds. The fourth-order valence-electron chi connectivity index (χ4n) is 2.35. The predicted molar refractivity (Wildman–Crippen MR) is 96.6 cm³/mol. The number of hydrogen-bond donors (Lipinski definition) is 2. The number of carbonyl (C=O) groups excluding carboxylic acids is 1. The molecule has 0 unspecified atom stereocenters. The number of hydrogen-bond acceptors (Lipinski definition) is 3. The van der Waals surface area contributed by atoms with Crippen molar-refractivity contribution in [1.29, 1.82) is 0 Å². The first-order chi connectivity index (χ1) is 11.1. The van der Waals surface area contributed by atoms with Crippen LogP contribution in [-0.4, -0.2) is 16.0 Å². The molecular formula is C18H15N3OS. The average molecular weight is 321 g/mol. The number of anilines is 1. The summed E-state index contributed by atoms with van der Waals surface area (Å²) < 4.78 is 0. The Bertz CT molecular complexity index is 887. The zero-order valence-electron chi connectivity index (χ0n) is 12.5. The van der Waals surface area contributed by atoms with Gasteiger partial charge in [0.05, 0.1) is 0 Å². The van der Waals surface area contributed by atoms with Crippen molar-refractivity contribution >= 4 is 39.8 Å². The molecule has 3 aromatic rings. The fraction of sp³-hybridized carbons (Fsp3) is 0.0556. The highest BCUT2D eigenvalue weighted by Gasteiger charge is 2.11. The van der Waals surface area contributed by atoms with E-state index in [9.17, 15) is 4.79 Å². The Kier molecular flexibility index (Phi) is 4.30. The van der Waals surface area contributed by atoms with Gasteiger partial charge in [-0.25, -0.2) is 4.98 Å². The van der Waals surface area contributed by atoms with E-state index in [1.54, 1.807) is 12.3 Å². The molecule has 1 aromatic heterocycles. The first kappa shape index (κ1) is 15.1. The lowest BCUT2D eigenvalue weighted by molar-refractivity contribution is 0.0979. The van der Waals surface area contributed by atoms with Crippen LogP contribution in [0.25, 0.3) is 10.8 Å². The lowest BCUT2D eigenvalue weighted by Gasteiger charge is -2.11. The van der Waals surface area contributed by atoms with E-state index in [1.165, 1.54) is 0 Å². The van der Waals surface area contributed by atoms with E-state index in [1.807, 2.05) is 55.5 Å². The van der Waals surface area contributed by atoms with Gasteiger partial charge in [0, 0.05) is 11.8 Å². The molecule has 0 aliphatic heterocycles. The molecule has 0 spiro atoms. The number of nitrogens with one attached hydrogen (secondary N) is 2. The molecule has 4 nitrogen and oxygen atoms in total. The van der Waals surface area contributed by atoms with Gasteiger partial charge in [-0.2, -0.15) is 0 Å². The van der Waals surface area contributed by atoms with Crippen LogP contribution >= 0.6 is 12.2 Å². The van der Waals surface area contributed by atoms with Crippen molar-refractivity contribution in [3.63, 3.8) is 0 Å². The molecule has 0 atom stereocenters. The van der Waals surface area contributed by atoms with E-state index in [0.29, 0.717) is 11.4 Å². The van der Waals surface area contributed by atoms with Gasteiger partial charge in [-0.15, -0.1) is 0 Å². The third-order valence-electron chi connectivity index (χ3n) is 3.50. The van der Waals surface area contributed by atoms with Crippen LogP contribution in [0.15, 0.2) is 60.8 Å². The number of aryl methyl sites for hydroxylation is 1. The summed E-state index contributed by atoms with van der Waals surface area (Å²) in [7, 11) is 0. The molecule has 23 heavy (non-hydrogen) atoms. The summed E-state index contributed by atoms with van der Waals surface area (Å²) in [6, 6.07) is 17.1. The van der Waals surface area contributed by atoms with E-state index in [-0.39, 0.29) is 11.0 Å². The number of fused-ring (bicyclic) bond motifs is 1. The van der Waals surface area contributed by atoms with Gasteiger partial charge in [-0.1, -0.05) is 42.5 Å². The normalized spacial score (nSPS) is 10.3. The largest absolute Gasteiger partial charge is 0.317 e. The molecule has 2 N–H and O–H groups in total. The van der Waals surface area contributed by atoms with Crippen molar-refractivity contribution in [1.82, 2.24) is 10.3 Å². The van der Waals surface area contributed by atoms with Gasteiger partial charge in [0.25, 0.3) is 5.91 Å². The summed E-state index contributed by atoms with van der Waals surface area (Å²) in [4.78, 5) is 16.7. The average Bonchev–Trinajstić information content (AvgIpc) is 2.56. The number of rotatable bonds is 2. The Balaban J connectivity index is 1.78. The number of pyridine rings is 1. The van der Waals surface area contributed by atoms with Gasteiger partial charge < -0.3 is 5.32 Å². The van der Waals surface area contributed by atoms with Crippen LogP contribution in [0.3, 0.4) is 0 Å². The van der Waals surface area contributed by atoms with Crippen LogP contribution in [0.4, 0.5) is 5.82 Å². The van der Waals surface area contributed by atoms with Gasteiger partial charge in [0.15, 0.2) is 5.11 Å². The third kappa shape index (κ3) is 3.35. The zero-order chi connectivity index (χ0) is 16.2. The van der Waals surface area contributed by atoms with Crippen molar-refractivity contribution in [2.24, 2.45) is 0 Å². The van der Waals surface area contributed by atoms with Gasteiger partial charge in [0.2, 0.25) is 0 Å². The van der Waals surface area contributed by atoms with Crippen LogP contribution in [0.1, 0.15) is 15.9 Å². The first-order valence-corrected chi connectivity index (χ1v) is 7.58. The maximum atomic E-state index is 12.5. The monoisotopic (exact) mass is 321 g/mol. The minimum atomic E-state index is -0.243. The maximum absolute atomic E-state index is 12.5. The smallest absolute Gasteiger partial charge is 0.258 e. The summed E-state index contributed by atoms with van der Waals surface area (Å²) in [6.07, 6.45) is 1.67. The van der Waals surface area contributed by atoms with Gasteiger partial charge in [0.1, 0.15) is 5.82 Å². The van der Waals surface area contributed by atoms with Gasteiger partial charge in [-0.05, 0) is 47.6 Å². The highest BCUT2D eigenvalue weighted by molar-refractivity contribution is 7.80. The van der Waals surface area contributed by atoms with Crippen LogP contribution in [0.5, 0.6) is 0 Å². The second kappa shape index (κ2) is 6.54. The molecule has 0 saturated heterocycles. The second-order valence-corrected chi connectivity index (χ2v) is 5.51.